The maximum absolute atomic E-state index is 5.34. The van der Waals surface area contributed by atoms with Crippen LogP contribution in [0.5, 0.6) is 0 Å². The number of anilines is 2. The van der Waals surface area contributed by atoms with E-state index >= 15 is 0 Å². The summed E-state index contributed by atoms with van der Waals surface area (Å²) in [7, 11) is 0. The van der Waals surface area contributed by atoms with Crippen LogP contribution in [-0.2, 0) is 4.74 Å². The molecule has 1 aromatic rings. The Morgan fingerprint density at radius 3 is 2.90 bits per heavy atom. The lowest BCUT2D eigenvalue weighted by Gasteiger charge is -2.26. The Kier molecular flexibility index (Phi) is 6.49. The van der Waals surface area contributed by atoms with Crippen LogP contribution in [0.4, 0.5) is 11.8 Å². The van der Waals surface area contributed by atoms with Crippen LogP contribution in [-0.4, -0.2) is 60.8 Å². The van der Waals surface area contributed by atoms with Gasteiger partial charge in [0.05, 0.1) is 17.7 Å². The molecule has 1 aliphatic rings. The Morgan fingerprint density at radius 1 is 1.35 bits per heavy atom. The molecule has 1 saturated heterocycles. The van der Waals surface area contributed by atoms with Gasteiger partial charge in [0.15, 0.2) is 0 Å². The number of ether oxygens (including phenoxy) is 1. The van der Waals surface area contributed by atoms with E-state index in [-0.39, 0.29) is 0 Å². The first-order valence-electron chi connectivity index (χ1n) is 7.10. The van der Waals surface area contributed by atoms with Gasteiger partial charge in [0.25, 0.3) is 0 Å². The molecule has 0 saturated carbocycles. The highest BCUT2D eigenvalue weighted by atomic mass is 79.9. The first-order chi connectivity index (χ1) is 9.79. The number of morpholine rings is 1. The molecule has 2 rings (SSSR count). The molecule has 2 N–H and O–H groups in total. The molecule has 0 aromatic carbocycles. The lowest BCUT2D eigenvalue weighted by Crippen LogP contribution is -2.37. The highest BCUT2D eigenvalue weighted by molar-refractivity contribution is 9.10. The van der Waals surface area contributed by atoms with Crippen molar-refractivity contribution in [3.63, 3.8) is 0 Å². The molecule has 0 aliphatic carbocycles. The van der Waals surface area contributed by atoms with E-state index < -0.39 is 0 Å². The van der Waals surface area contributed by atoms with Crippen molar-refractivity contribution >= 4 is 27.7 Å². The average Bonchev–Trinajstić information content (AvgIpc) is 2.48. The summed E-state index contributed by atoms with van der Waals surface area (Å²) in [5.74, 6) is 1.50. The molecule has 2 heterocycles. The van der Waals surface area contributed by atoms with Crippen molar-refractivity contribution in [2.75, 3.05) is 56.6 Å². The quantitative estimate of drug-likeness (QED) is 0.736. The summed E-state index contributed by atoms with van der Waals surface area (Å²) in [6.07, 6.45) is 2.86. The standard InChI is InChI=1S/C13H22BrN5O/c1-2-15-13-17-10-11(14)12(18-13)16-4-3-5-19-6-8-20-9-7-19/h10H,2-9H2,1H3,(H2,15,16,17,18). The highest BCUT2D eigenvalue weighted by Crippen LogP contribution is 2.19. The van der Waals surface area contributed by atoms with Gasteiger partial charge in [-0.05, 0) is 35.8 Å². The molecule has 1 aromatic heterocycles. The van der Waals surface area contributed by atoms with E-state index in [1.807, 2.05) is 6.92 Å². The summed E-state index contributed by atoms with van der Waals surface area (Å²) in [4.78, 5) is 11.1. The summed E-state index contributed by atoms with van der Waals surface area (Å²) >= 11 is 3.47. The van der Waals surface area contributed by atoms with Crippen LogP contribution in [0, 0.1) is 0 Å². The Bertz CT molecular complexity index is 412. The fourth-order valence-electron chi connectivity index (χ4n) is 2.07. The van der Waals surface area contributed by atoms with Gasteiger partial charge in [-0.1, -0.05) is 0 Å². The molecule has 6 nitrogen and oxygen atoms in total. The fraction of sp³-hybridized carbons (Fsp3) is 0.692. The smallest absolute Gasteiger partial charge is 0.224 e. The third kappa shape index (κ3) is 4.88. The molecular weight excluding hydrogens is 322 g/mol. The second kappa shape index (κ2) is 8.39. The van der Waals surface area contributed by atoms with Crippen LogP contribution < -0.4 is 10.6 Å². The molecule has 1 fully saturated rings. The molecule has 0 amide bonds. The number of nitrogens with one attached hydrogen (secondary N) is 2. The van der Waals surface area contributed by atoms with Crippen LogP contribution in [0.1, 0.15) is 13.3 Å². The third-order valence-electron chi connectivity index (χ3n) is 3.13. The number of hydrogen-bond acceptors (Lipinski definition) is 6. The maximum Gasteiger partial charge on any atom is 0.224 e. The Balaban J connectivity index is 1.73. The molecule has 20 heavy (non-hydrogen) atoms. The van der Waals surface area contributed by atoms with Gasteiger partial charge in [0.1, 0.15) is 5.82 Å². The number of aromatic nitrogens is 2. The van der Waals surface area contributed by atoms with Crippen LogP contribution in [0.15, 0.2) is 10.7 Å². The summed E-state index contributed by atoms with van der Waals surface area (Å²) in [6, 6.07) is 0. The summed E-state index contributed by atoms with van der Waals surface area (Å²) in [5.41, 5.74) is 0. The summed E-state index contributed by atoms with van der Waals surface area (Å²) < 4.78 is 6.23. The van der Waals surface area contributed by atoms with E-state index in [1.165, 1.54) is 0 Å². The van der Waals surface area contributed by atoms with E-state index in [0.717, 1.165) is 62.6 Å². The third-order valence-corrected chi connectivity index (χ3v) is 3.71. The normalized spacial score (nSPS) is 16.1. The van der Waals surface area contributed by atoms with Crippen molar-refractivity contribution in [3.05, 3.63) is 10.7 Å². The van der Waals surface area contributed by atoms with Gasteiger partial charge < -0.3 is 15.4 Å². The molecule has 0 radical (unpaired) electrons. The molecule has 0 bridgehead atoms. The minimum Gasteiger partial charge on any atom is -0.379 e. The molecule has 1 aliphatic heterocycles. The lowest BCUT2D eigenvalue weighted by molar-refractivity contribution is 0.0378. The van der Waals surface area contributed by atoms with Gasteiger partial charge in [-0.25, -0.2) is 4.98 Å². The van der Waals surface area contributed by atoms with Gasteiger partial charge in [-0.3, -0.25) is 4.90 Å². The lowest BCUT2D eigenvalue weighted by atomic mass is 10.3. The number of nitrogens with zero attached hydrogens (tertiary/aromatic N) is 3. The van der Waals surface area contributed by atoms with Crippen molar-refractivity contribution in [2.45, 2.75) is 13.3 Å². The molecule has 0 spiro atoms. The van der Waals surface area contributed by atoms with Crippen LogP contribution in [0.25, 0.3) is 0 Å². The Morgan fingerprint density at radius 2 is 2.15 bits per heavy atom. The van der Waals surface area contributed by atoms with E-state index in [4.69, 9.17) is 4.74 Å². The SMILES string of the molecule is CCNc1ncc(Br)c(NCCCN2CCOCC2)n1. The zero-order valence-corrected chi connectivity index (χ0v) is 13.4. The molecule has 0 unspecified atom stereocenters. The second-order valence-electron chi connectivity index (χ2n) is 4.65. The Labute approximate surface area is 128 Å². The molecule has 112 valence electrons. The van der Waals surface area contributed by atoms with Crippen molar-refractivity contribution < 1.29 is 4.74 Å². The van der Waals surface area contributed by atoms with Gasteiger partial charge in [-0.15, -0.1) is 0 Å². The van der Waals surface area contributed by atoms with E-state index in [9.17, 15) is 0 Å². The monoisotopic (exact) mass is 343 g/mol. The number of halogens is 1. The maximum atomic E-state index is 5.34. The van der Waals surface area contributed by atoms with Crippen molar-refractivity contribution in [1.82, 2.24) is 14.9 Å². The van der Waals surface area contributed by atoms with E-state index in [2.05, 4.69) is 41.4 Å². The van der Waals surface area contributed by atoms with Gasteiger partial charge in [-0.2, -0.15) is 4.98 Å². The predicted octanol–water partition coefficient (Wildman–Crippen LogP) is 1.81. The topological polar surface area (TPSA) is 62.3 Å². The first kappa shape index (κ1) is 15.5. The van der Waals surface area contributed by atoms with Crippen molar-refractivity contribution in [2.24, 2.45) is 0 Å². The van der Waals surface area contributed by atoms with Crippen molar-refractivity contribution in [3.8, 4) is 0 Å². The molecular formula is C13H22BrN5O. The van der Waals surface area contributed by atoms with Gasteiger partial charge >= 0.3 is 0 Å². The van der Waals surface area contributed by atoms with Crippen molar-refractivity contribution in [1.29, 1.82) is 0 Å². The van der Waals surface area contributed by atoms with E-state index in [0.29, 0.717) is 5.95 Å². The zero-order chi connectivity index (χ0) is 14.2. The second-order valence-corrected chi connectivity index (χ2v) is 5.51. The largest absolute Gasteiger partial charge is 0.379 e. The highest BCUT2D eigenvalue weighted by Gasteiger charge is 2.09. The summed E-state index contributed by atoms with van der Waals surface area (Å²) in [6.45, 7) is 8.65. The average molecular weight is 344 g/mol. The predicted molar refractivity (Wildman–Crippen MR) is 84.3 cm³/mol. The number of rotatable bonds is 7. The van der Waals surface area contributed by atoms with Crippen LogP contribution in [0.3, 0.4) is 0 Å². The minimum atomic E-state index is 0.659. The zero-order valence-electron chi connectivity index (χ0n) is 11.9. The van der Waals surface area contributed by atoms with Gasteiger partial charge in [0.2, 0.25) is 5.95 Å². The van der Waals surface area contributed by atoms with Crippen LogP contribution in [0.2, 0.25) is 0 Å². The van der Waals surface area contributed by atoms with Gasteiger partial charge in [0, 0.05) is 32.4 Å². The van der Waals surface area contributed by atoms with Crippen LogP contribution >= 0.6 is 15.9 Å². The summed E-state index contributed by atoms with van der Waals surface area (Å²) in [5, 5.41) is 6.47. The van der Waals surface area contributed by atoms with E-state index in [1.54, 1.807) is 6.20 Å². The first-order valence-corrected chi connectivity index (χ1v) is 7.89. The Hall–Kier alpha value is -0.920. The fourth-order valence-corrected chi connectivity index (χ4v) is 2.40. The molecule has 0 atom stereocenters. The number of hydrogen-bond donors (Lipinski definition) is 2. The molecule has 7 heteroatoms. The minimum absolute atomic E-state index is 0.659.